The highest BCUT2D eigenvalue weighted by atomic mass is 79.9. The van der Waals surface area contributed by atoms with Crippen LogP contribution in [-0.4, -0.2) is 69.3 Å². The quantitative estimate of drug-likeness (QED) is 0.560. The van der Waals surface area contributed by atoms with E-state index >= 15 is 0 Å². The van der Waals surface area contributed by atoms with E-state index in [2.05, 4.69) is 31.0 Å². The zero-order valence-electron chi connectivity index (χ0n) is 15.2. The van der Waals surface area contributed by atoms with E-state index < -0.39 is 10.0 Å². The van der Waals surface area contributed by atoms with Crippen LogP contribution in [0.15, 0.2) is 26.2 Å². The van der Waals surface area contributed by atoms with Gasteiger partial charge in [0.15, 0.2) is 0 Å². The molecule has 4 rings (SSSR count). The minimum atomic E-state index is -3.55. The van der Waals surface area contributed by atoms with Crippen LogP contribution in [0.2, 0.25) is 0 Å². The average Bonchev–Trinajstić information content (AvgIpc) is 3.28. The zero-order chi connectivity index (χ0) is 20.1. The van der Waals surface area contributed by atoms with Gasteiger partial charge in [0, 0.05) is 37.6 Å². The maximum Gasteiger partial charge on any atom is 0.293 e. The molecule has 0 saturated carbocycles. The van der Waals surface area contributed by atoms with Gasteiger partial charge in [0.25, 0.3) is 21.7 Å². The van der Waals surface area contributed by atoms with Crippen molar-refractivity contribution >= 4 is 49.0 Å². The van der Waals surface area contributed by atoms with Crippen LogP contribution in [-0.2, 0) is 10.0 Å². The Hall–Kier alpha value is -1.89. The van der Waals surface area contributed by atoms with Gasteiger partial charge < -0.3 is 4.90 Å². The number of carbonyl (C=O) groups excluding carboxylic acids is 1. The summed E-state index contributed by atoms with van der Waals surface area (Å²) in [5.74, 6) is 0.128. The normalized spacial score (nSPS) is 16.0. The van der Waals surface area contributed by atoms with Crippen molar-refractivity contribution in [1.82, 2.24) is 28.8 Å². The van der Waals surface area contributed by atoms with Gasteiger partial charge >= 0.3 is 0 Å². The molecule has 0 radical (unpaired) electrons. The first-order chi connectivity index (χ1) is 13.3. The molecule has 0 unspecified atom stereocenters. The second-order valence-electron chi connectivity index (χ2n) is 6.44. The third-order valence-corrected chi connectivity index (χ3v) is 8.47. The molecule has 0 aliphatic carbocycles. The van der Waals surface area contributed by atoms with Crippen LogP contribution < -0.4 is 0 Å². The fourth-order valence-corrected chi connectivity index (χ4v) is 6.68. The summed E-state index contributed by atoms with van der Waals surface area (Å²) in [7, 11) is -3.55. The van der Waals surface area contributed by atoms with Gasteiger partial charge in [-0.25, -0.2) is 17.9 Å². The van der Waals surface area contributed by atoms with E-state index in [0.717, 1.165) is 15.2 Å². The number of sulfonamides is 1. The van der Waals surface area contributed by atoms with Crippen molar-refractivity contribution in [3.63, 3.8) is 0 Å². The van der Waals surface area contributed by atoms with E-state index in [1.807, 2.05) is 19.9 Å². The Morgan fingerprint density at radius 2 is 1.86 bits per heavy atom. The molecule has 1 aliphatic heterocycles. The fraction of sp³-hybridized carbons (Fsp3) is 0.375. The monoisotopic (exact) mass is 484 g/mol. The Kier molecular flexibility index (Phi) is 4.98. The number of halogens is 1. The summed E-state index contributed by atoms with van der Waals surface area (Å²) in [6.45, 7) is 4.75. The standard InChI is InChI=1S/C16H17BrN6O3S2/c1-10-9-11(2)23-16(18-10)19-14(20-23)15(24)21-5-7-22(8-6-21)28(25,26)13-4-3-12(17)27-13/h3-4,9H,5-8H2,1-2H3. The number of hydrogen-bond acceptors (Lipinski definition) is 7. The molecule has 0 atom stereocenters. The highest BCUT2D eigenvalue weighted by Crippen LogP contribution is 2.29. The molecule has 28 heavy (non-hydrogen) atoms. The van der Waals surface area contributed by atoms with Crippen LogP contribution in [0.4, 0.5) is 0 Å². The Morgan fingerprint density at radius 1 is 1.14 bits per heavy atom. The molecule has 4 heterocycles. The van der Waals surface area contributed by atoms with Gasteiger partial charge in [-0.1, -0.05) is 0 Å². The third-order valence-electron chi connectivity index (χ3n) is 4.48. The van der Waals surface area contributed by atoms with Crippen molar-refractivity contribution in [3.05, 3.63) is 39.2 Å². The summed E-state index contributed by atoms with van der Waals surface area (Å²) in [6.07, 6.45) is 0. The number of fused-ring (bicyclic) bond motifs is 1. The third kappa shape index (κ3) is 3.45. The van der Waals surface area contributed by atoms with Crippen molar-refractivity contribution in [1.29, 1.82) is 0 Å². The smallest absolute Gasteiger partial charge is 0.293 e. The topological polar surface area (TPSA) is 101 Å². The Morgan fingerprint density at radius 3 is 2.50 bits per heavy atom. The average molecular weight is 485 g/mol. The number of piperazine rings is 1. The number of hydrogen-bond donors (Lipinski definition) is 0. The molecule has 1 fully saturated rings. The summed E-state index contributed by atoms with van der Waals surface area (Å²) in [5.41, 5.74) is 1.64. The van der Waals surface area contributed by atoms with Crippen LogP contribution in [0, 0.1) is 13.8 Å². The molecule has 1 saturated heterocycles. The molecule has 1 aliphatic rings. The van der Waals surface area contributed by atoms with Gasteiger partial charge in [-0.05, 0) is 48.0 Å². The summed E-state index contributed by atoms with van der Waals surface area (Å²) in [4.78, 5) is 22.9. The highest BCUT2D eigenvalue weighted by molar-refractivity contribution is 9.11. The largest absolute Gasteiger partial charge is 0.333 e. The van der Waals surface area contributed by atoms with E-state index in [0.29, 0.717) is 5.78 Å². The van der Waals surface area contributed by atoms with Crippen molar-refractivity contribution in [2.24, 2.45) is 0 Å². The number of aromatic nitrogens is 4. The van der Waals surface area contributed by atoms with Crippen LogP contribution in [0.5, 0.6) is 0 Å². The minimum absolute atomic E-state index is 0.0692. The minimum Gasteiger partial charge on any atom is -0.333 e. The number of nitrogens with zero attached hydrogens (tertiary/aromatic N) is 6. The summed E-state index contributed by atoms with van der Waals surface area (Å²) >= 11 is 4.46. The van der Waals surface area contributed by atoms with Crippen LogP contribution in [0.1, 0.15) is 22.0 Å². The fourth-order valence-electron chi connectivity index (χ4n) is 3.09. The lowest BCUT2D eigenvalue weighted by Crippen LogP contribution is -2.50. The predicted molar refractivity (Wildman–Crippen MR) is 107 cm³/mol. The summed E-state index contributed by atoms with van der Waals surface area (Å²) in [5, 5.41) is 4.26. The molecule has 0 spiro atoms. The second-order valence-corrected chi connectivity index (χ2v) is 11.1. The molecular weight excluding hydrogens is 468 g/mol. The lowest BCUT2D eigenvalue weighted by molar-refractivity contribution is 0.0686. The maximum atomic E-state index is 12.8. The maximum absolute atomic E-state index is 12.8. The van der Waals surface area contributed by atoms with Crippen molar-refractivity contribution in [2.45, 2.75) is 18.1 Å². The zero-order valence-corrected chi connectivity index (χ0v) is 18.4. The molecule has 9 nitrogen and oxygen atoms in total. The summed E-state index contributed by atoms with van der Waals surface area (Å²) in [6, 6.07) is 5.16. The van der Waals surface area contributed by atoms with Gasteiger partial charge in [-0.3, -0.25) is 4.79 Å². The molecule has 3 aromatic heterocycles. The van der Waals surface area contributed by atoms with E-state index in [4.69, 9.17) is 0 Å². The first-order valence-electron chi connectivity index (χ1n) is 8.51. The van der Waals surface area contributed by atoms with Gasteiger partial charge in [0.2, 0.25) is 5.82 Å². The lowest BCUT2D eigenvalue weighted by atomic mass is 10.3. The first-order valence-corrected chi connectivity index (χ1v) is 11.6. The Balaban J connectivity index is 1.49. The molecule has 12 heteroatoms. The van der Waals surface area contributed by atoms with Crippen molar-refractivity contribution in [2.75, 3.05) is 26.2 Å². The molecule has 1 amide bonds. The van der Waals surface area contributed by atoms with Gasteiger partial charge in [0.05, 0.1) is 3.79 Å². The van der Waals surface area contributed by atoms with E-state index in [1.54, 1.807) is 17.0 Å². The molecular formula is C16H17BrN6O3S2. The molecule has 0 bridgehead atoms. The molecule has 0 N–H and O–H groups in total. The lowest BCUT2D eigenvalue weighted by Gasteiger charge is -2.33. The first kappa shape index (κ1) is 19.4. The Bertz CT molecular complexity index is 1160. The number of amides is 1. The van der Waals surface area contributed by atoms with Crippen LogP contribution in [0.25, 0.3) is 5.78 Å². The van der Waals surface area contributed by atoms with Crippen LogP contribution >= 0.6 is 27.3 Å². The second kappa shape index (κ2) is 7.17. The van der Waals surface area contributed by atoms with Crippen LogP contribution in [0.3, 0.4) is 0 Å². The van der Waals surface area contributed by atoms with E-state index in [1.165, 1.54) is 20.2 Å². The van der Waals surface area contributed by atoms with Gasteiger partial charge in [0.1, 0.15) is 4.21 Å². The van der Waals surface area contributed by atoms with E-state index in [9.17, 15) is 13.2 Å². The highest BCUT2D eigenvalue weighted by Gasteiger charge is 2.32. The number of aryl methyl sites for hydroxylation is 2. The van der Waals surface area contributed by atoms with E-state index in [-0.39, 0.29) is 42.1 Å². The molecule has 148 valence electrons. The number of carbonyl (C=O) groups is 1. The SMILES string of the molecule is Cc1cc(C)n2nc(C(=O)N3CCN(S(=O)(=O)c4ccc(Br)s4)CC3)nc2n1. The predicted octanol–water partition coefficient (Wildman–Crippen LogP) is 1.71. The summed E-state index contributed by atoms with van der Waals surface area (Å²) < 4.78 is 29.4. The van der Waals surface area contributed by atoms with Crippen molar-refractivity contribution in [3.8, 4) is 0 Å². The van der Waals surface area contributed by atoms with Gasteiger partial charge in [-0.15, -0.1) is 16.4 Å². The Labute approximate surface area is 174 Å². The van der Waals surface area contributed by atoms with Gasteiger partial charge in [-0.2, -0.15) is 9.29 Å². The number of thiophene rings is 1. The number of rotatable bonds is 3. The van der Waals surface area contributed by atoms with Crippen molar-refractivity contribution < 1.29 is 13.2 Å². The molecule has 3 aromatic rings. The molecule has 0 aromatic carbocycles.